The molecule has 0 aliphatic carbocycles. The number of para-hydroxylation sites is 1. The van der Waals surface area contributed by atoms with E-state index < -0.39 is 0 Å². The quantitative estimate of drug-likeness (QED) is 0.537. The molecule has 0 saturated carbocycles. The van der Waals surface area contributed by atoms with Crippen LogP contribution in [-0.2, 0) is 6.61 Å². The third kappa shape index (κ3) is 4.43. The molecular formula is C20H15ClFNO. The van der Waals surface area contributed by atoms with Crippen LogP contribution in [0.25, 0.3) is 0 Å². The molecule has 120 valence electrons. The number of halogens is 2. The van der Waals surface area contributed by atoms with Gasteiger partial charge in [-0.2, -0.15) is 0 Å². The van der Waals surface area contributed by atoms with Gasteiger partial charge in [0, 0.05) is 6.21 Å². The fraction of sp³-hybridized carbons (Fsp3) is 0.0500. The van der Waals surface area contributed by atoms with Crippen LogP contribution >= 0.6 is 11.6 Å². The second kappa shape index (κ2) is 7.75. The Morgan fingerprint density at radius 2 is 1.71 bits per heavy atom. The molecule has 2 nitrogen and oxygen atoms in total. The summed E-state index contributed by atoms with van der Waals surface area (Å²) in [6.45, 7) is 0.331. The molecule has 0 N–H and O–H groups in total. The van der Waals surface area contributed by atoms with Crippen molar-refractivity contribution in [3.8, 4) is 5.75 Å². The highest BCUT2D eigenvalue weighted by molar-refractivity contribution is 6.32. The maximum absolute atomic E-state index is 12.9. The van der Waals surface area contributed by atoms with Gasteiger partial charge in [0.2, 0.25) is 0 Å². The van der Waals surface area contributed by atoms with Gasteiger partial charge < -0.3 is 4.74 Å². The zero-order chi connectivity index (χ0) is 16.8. The largest absolute Gasteiger partial charge is 0.487 e. The molecule has 0 heterocycles. The van der Waals surface area contributed by atoms with Crippen molar-refractivity contribution >= 4 is 23.5 Å². The highest BCUT2D eigenvalue weighted by atomic mass is 35.5. The Balaban J connectivity index is 1.66. The Kier molecular flexibility index (Phi) is 5.24. The van der Waals surface area contributed by atoms with E-state index in [4.69, 9.17) is 16.3 Å². The molecule has 0 amide bonds. The first-order chi connectivity index (χ1) is 11.7. The van der Waals surface area contributed by atoms with E-state index in [0.29, 0.717) is 17.4 Å². The number of rotatable bonds is 5. The van der Waals surface area contributed by atoms with E-state index in [9.17, 15) is 4.39 Å². The van der Waals surface area contributed by atoms with Gasteiger partial charge in [0.1, 0.15) is 18.2 Å². The predicted octanol–water partition coefficient (Wildman–Crippen LogP) is 5.81. The van der Waals surface area contributed by atoms with Gasteiger partial charge in [-0.05, 0) is 53.6 Å². The van der Waals surface area contributed by atoms with Crippen molar-refractivity contribution < 1.29 is 9.13 Å². The summed E-state index contributed by atoms with van der Waals surface area (Å²) in [6, 6.07) is 21.4. The maximum atomic E-state index is 12.9. The summed E-state index contributed by atoms with van der Waals surface area (Å²) < 4.78 is 18.6. The highest BCUT2D eigenvalue weighted by Crippen LogP contribution is 2.26. The van der Waals surface area contributed by atoms with Crippen LogP contribution in [0.5, 0.6) is 5.75 Å². The highest BCUT2D eigenvalue weighted by Gasteiger charge is 2.03. The molecule has 0 bridgehead atoms. The van der Waals surface area contributed by atoms with Crippen LogP contribution in [0.1, 0.15) is 11.1 Å². The number of aliphatic imine (C=N–C) groups is 1. The molecule has 0 aromatic heterocycles. The first kappa shape index (κ1) is 16.2. The van der Waals surface area contributed by atoms with Gasteiger partial charge in [-0.15, -0.1) is 0 Å². The van der Waals surface area contributed by atoms with Gasteiger partial charge in [0.05, 0.1) is 10.7 Å². The lowest BCUT2D eigenvalue weighted by Crippen LogP contribution is -1.96. The molecule has 3 aromatic carbocycles. The van der Waals surface area contributed by atoms with Gasteiger partial charge in [-0.1, -0.05) is 41.9 Å². The SMILES string of the molecule is Fc1ccc(COc2ccc(C=Nc3ccccc3)cc2Cl)cc1. The third-order valence-corrected chi connectivity index (χ3v) is 3.68. The predicted molar refractivity (Wildman–Crippen MR) is 95.9 cm³/mol. The smallest absolute Gasteiger partial charge is 0.138 e. The average molecular weight is 340 g/mol. The molecule has 3 aromatic rings. The molecule has 0 aliphatic rings. The molecule has 0 atom stereocenters. The van der Waals surface area contributed by atoms with Crippen molar-refractivity contribution in [2.24, 2.45) is 4.99 Å². The summed E-state index contributed by atoms with van der Waals surface area (Å²) in [5.41, 5.74) is 2.64. The van der Waals surface area contributed by atoms with Crippen LogP contribution in [0, 0.1) is 5.82 Å². The van der Waals surface area contributed by atoms with Crippen molar-refractivity contribution in [3.05, 3.63) is 94.8 Å². The van der Waals surface area contributed by atoms with Gasteiger partial charge in [0.25, 0.3) is 0 Å². The maximum Gasteiger partial charge on any atom is 0.138 e. The zero-order valence-electron chi connectivity index (χ0n) is 12.8. The first-order valence-electron chi connectivity index (χ1n) is 7.46. The Labute approximate surface area is 145 Å². The second-order valence-corrected chi connectivity index (χ2v) is 5.61. The van der Waals surface area contributed by atoms with E-state index in [1.54, 1.807) is 30.5 Å². The van der Waals surface area contributed by atoms with E-state index in [1.807, 2.05) is 36.4 Å². The van der Waals surface area contributed by atoms with E-state index in [-0.39, 0.29) is 5.82 Å². The zero-order valence-corrected chi connectivity index (χ0v) is 13.6. The molecule has 0 radical (unpaired) electrons. The van der Waals surface area contributed by atoms with Crippen molar-refractivity contribution in [3.63, 3.8) is 0 Å². The lowest BCUT2D eigenvalue weighted by atomic mass is 10.2. The van der Waals surface area contributed by atoms with Gasteiger partial charge in [-0.25, -0.2) is 4.39 Å². The van der Waals surface area contributed by atoms with Crippen LogP contribution in [-0.4, -0.2) is 6.21 Å². The summed E-state index contributed by atoms with van der Waals surface area (Å²) in [5.74, 6) is 0.316. The molecule has 0 aliphatic heterocycles. The Morgan fingerprint density at radius 1 is 0.958 bits per heavy atom. The number of benzene rings is 3. The first-order valence-corrected chi connectivity index (χ1v) is 7.84. The van der Waals surface area contributed by atoms with Crippen LogP contribution in [0.3, 0.4) is 0 Å². The molecule has 0 fully saturated rings. The minimum absolute atomic E-state index is 0.265. The van der Waals surface area contributed by atoms with Crippen LogP contribution < -0.4 is 4.74 Å². The van der Waals surface area contributed by atoms with Gasteiger partial charge in [0.15, 0.2) is 0 Å². The average Bonchev–Trinajstić information content (AvgIpc) is 2.61. The van der Waals surface area contributed by atoms with Gasteiger partial charge >= 0.3 is 0 Å². The van der Waals surface area contributed by atoms with Crippen molar-refractivity contribution in [2.75, 3.05) is 0 Å². The van der Waals surface area contributed by atoms with E-state index in [1.165, 1.54) is 12.1 Å². The molecule has 0 spiro atoms. The fourth-order valence-electron chi connectivity index (χ4n) is 2.12. The summed E-state index contributed by atoms with van der Waals surface area (Å²) in [7, 11) is 0. The van der Waals surface area contributed by atoms with Crippen LogP contribution in [0.2, 0.25) is 5.02 Å². The normalized spacial score (nSPS) is 10.9. The molecule has 3 rings (SSSR count). The lowest BCUT2D eigenvalue weighted by Gasteiger charge is -2.08. The minimum atomic E-state index is -0.265. The molecule has 0 unspecified atom stereocenters. The number of ether oxygens (including phenoxy) is 1. The monoisotopic (exact) mass is 339 g/mol. The molecule has 0 saturated heterocycles. The van der Waals surface area contributed by atoms with Crippen LogP contribution in [0.15, 0.2) is 77.8 Å². The summed E-state index contributed by atoms with van der Waals surface area (Å²) in [4.78, 5) is 4.39. The van der Waals surface area contributed by atoms with Crippen LogP contribution in [0.4, 0.5) is 10.1 Å². The minimum Gasteiger partial charge on any atom is -0.487 e. The molecule has 4 heteroatoms. The number of hydrogen-bond donors (Lipinski definition) is 0. The molecular weight excluding hydrogens is 325 g/mol. The summed E-state index contributed by atoms with van der Waals surface area (Å²) >= 11 is 6.26. The number of hydrogen-bond acceptors (Lipinski definition) is 2. The van der Waals surface area contributed by atoms with Crippen molar-refractivity contribution in [1.82, 2.24) is 0 Å². The Morgan fingerprint density at radius 3 is 2.42 bits per heavy atom. The fourth-order valence-corrected chi connectivity index (χ4v) is 2.36. The second-order valence-electron chi connectivity index (χ2n) is 5.20. The topological polar surface area (TPSA) is 21.6 Å². The lowest BCUT2D eigenvalue weighted by molar-refractivity contribution is 0.306. The summed E-state index contributed by atoms with van der Waals surface area (Å²) in [5, 5.41) is 0.508. The van der Waals surface area contributed by atoms with Crippen molar-refractivity contribution in [2.45, 2.75) is 6.61 Å². The molecule has 24 heavy (non-hydrogen) atoms. The van der Waals surface area contributed by atoms with E-state index >= 15 is 0 Å². The number of nitrogens with zero attached hydrogens (tertiary/aromatic N) is 1. The van der Waals surface area contributed by atoms with E-state index in [2.05, 4.69) is 4.99 Å². The van der Waals surface area contributed by atoms with Crippen molar-refractivity contribution in [1.29, 1.82) is 0 Å². The van der Waals surface area contributed by atoms with E-state index in [0.717, 1.165) is 16.8 Å². The summed E-state index contributed by atoms with van der Waals surface area (Å²) in [6.07, 6.45) is 1.75. The van der Waals surface area contributed by atoms with Gasteiger partial charge in [-0.3, -0.25) is 4.99 Å². The standard InChI is InChI=1S/C20H15ClFNO/c21-19-12-16(13-23-18-4-2-1-3-5-18)8-11-20(19)24-14-15-6-9-17(22)10-7-15/h1-13H,14H2. The third-order valence-electron chi connectivity index (χ3n) is 3.38. The Bertz CT molecular complexity index is 832. The Hall–Kier alpha value is -2.65.